The van der Waals surface area contributed by atoms with Gasteiger partial charge in [0.1, 0.15) is 0 Å². The van der Waals surface area contributed by atoms with Gasteiger partial charge in [-0.25, -0.2) is 0 Å². The van der Waals surface area contributed by atoms with Gasteiger partial charge in [-0.2, -0.15) is 11.8 Å². The number of nitrogens with one attached hydrogen (secondary N) is 1. The van der Waals surface area contributed by atoms with Crippen molar-refractivity contribution in [2.45, 2.75) is 38.0 Å². The van der Waals surface area contributed by atoms with Crippen LogP contribution in [0.4, 0.5) is 0 Å². The highest BCUT2D eigenvalue weighted by Crippen LogP contribution is 2.31. The van der Waals surface area contributed by atoms with Crippen LogP contribution in [-0.4, -0.2) is 18.1 Å². The van der Waals surface area contributed by atoms with Gasteiger partial charge in [0.25, 0.3) is 0 Å². The van der Waals surface area contributed by atoms with Gasteiger partial charge < -0.3 is 5.32 Å². The van der Waals surface area contributed by atoms with Crippen molar-refractivity contribution in [1.82, 2.24) is 5.32 Å². The maximum atomic E-state index is 3.69. The van der Waals surface area contributed by atoms with Crippen LogP contribution < -0.4 is 5.32 Å². The van der Waals surface area contributed by atoms with Crippen LogP contribution in [0, 0.1) is 6.92 Å². The van der Waals surface area contributed by atoms with Crippen LogP contribution in [0.1, 0.15) is 36.1 Å². The summed E-state index contributed by atoms with van der Waals surface area (Å²) in [5.41, 5.74) is 4.46. The molecule has 0 fully saturated rings. The number of aryl methyl sites for hydroxylation is 2. The Hall–Kier alpha value is -0.470. The normalized spacial score (nSPS) is 20.8. The third-order valence-corrected chi connectivity index (χ3v) is 4.40. The molecule has 1 aromatic carbocycles. The van der Waals surface area contributed by atoms with E-state index < -0.39 is 0 Å². The Morgan fingerprint density at radius 3 is 3.06 bits per heavy atom. The van der Waals surface area contributed by atoms with Crippen molar-refractivity contribution in [3.05, 3.63) is 34.9 Å². The first kappa shape index (κ1) is 12.0. The molecule has 1 N–H and O–H groups in total. The highest BCUT2D eigenvalue weighted by molar-refractivity contribution is 7.99. The fraction of sp³-hybridized carbons (Fsp3) is 0.571. The fourth-order valence-electron chi connectivity index (χ4n) is 2.35. The Labute approximate surface area is 103 Å². The summed E-state index contributed by atoms with van der Waals surface area (Å²) in [6.07, 6.45) is 4.68. The molecule has 0 aliphatic heterocycles. The van der Waals surface area contributed by atoms with Gasteiger partial charge >= 0.3 is 0 Å². The van der Waals surface area contributed by atoms with Crippen LogP contribution in [0.2, 0.25) is 0 Å². The van der Waals surface area contributed by atoms with Gasteiger partial charge in [-0.3, -0.25) is 0 Å². The van der Waals surface area contributed by atoms with E-state index in [0.717, 1.165) is 6.54 Å². The molecule has 0 bridgehead atoms. The molecule has 2 rings (SSSR count). The molecule has 1 aliphatic carbocycles. The molecule has 2 heteroatoms. The fourth-order valence-corrected chi connectivity index (χ4v) is 2.61. The molecular weight excluding hydrogens is 214 g/mol. The maximum absolute atomic E-state index is 3.69. The minimum absolute atomic E-state index is 0.588. The van der Waals surface area contributed by atoms with E-state index in [1.54, 1.807) is 5.56 Å². The van der Waals surface area contributed by atoms with Crippen molar-refractivity contribution < 1.29 is 0 Å². The minimum atomic E-state index is 0.588. The summed E-state index contributed by atoms with van der Waals surface area (Å²) in [5, 5.41) is 4.39. The Morgan fingerprint density at radius 2 is 2.31 bits per heavy atom. The molecule has 1 aliphatic rings. The molecular formula is C14H21NS. The number of fused-ring (bicyclic) bond motifs is 1. The SMILES string of the molecule is CSC(C)CNC1CCc2cc(C)ccc21. The summed E-state index contributed by atoms with van der Waals surface area (Å²) in [6.45, 7) is 5.57. The molecule has 2 atom stereocenters. The summed E-state index contributed by atoms with van der Waals surface area (Å²) in [5.74, 6) is 0. The van der Waals surface area contributed by atoms with Gasteiger partial charge in [-0.15, -0.1) is 0 Å². The largest absolute Gasteiger partial charge is 0.309 e. The quantitative estimate of drug-likeness (QED) is 0.859. The monoisotopic (exact) mass is 235 g/mol. The Kier molecular flexibility index (Phi) is 3.93. The van der Waals surface area contributed by atoms with E-state index in [1.807, 2.05) is 11.8 Å². The summed E-state index contributed by atoms with van der Waals surface area (Å²) in [7, 11) is 0. The average Bonchev–Trinajstić information content (AvgIpc) is 2.68. The van der Waals surface area contributed by atoms with Gasteiger partial charge in [-0.05, 0) is 37.1 Å². The van der Waals surface area contributed by atoms with Gasteiger partial charge in [0.2, 0.25) is 0 Å². The second kappa shape index (κ2) is 5.24. The Balaban J connectivity index is 2.01. The number of hydrogen-bond donors (Lipinski definition) is 1. The summed E-state index contributed by atoms with van der Waals surface area (Å²) >= 11 is 1.93. The predicted octanol–water partition coefficient (Wildman–Crippen LogP) is 3.32. The van der Waals surface area contributed by atoms with Gasteiger partial charge in [-0.1, -0.05) is 30.7 Å². The Morgan fingerprint density at radius 1 is 1.50 bits per heavy atom. The molecule has 0 aromatic heterocycles. The van der Waals surface area contributed by atoms with Crippen LogP contribution in [0.15, 0.2) is 18.2 Å². The first-order valence-corrected chi connectivity index (χ1v) is 7.35. The molecule has 1 nitrogen and oxygen atoms in total. The smallest absolute Gasteiger partial charge is 0.0326 e. The number of thioether (sulfide) groups is 1. The Bertz CT molecular complexity index is 362. The van der Waals surface area contributed by atoms with Crippen molar-refractivity contribution in [3.63, 3.8) is 0 Å². The van der Waals surface area contributed by atoms with Crippen LogP contribution in [-0.2, 0) is 6.42 Å². The molecule has 0 saturated carbocycles. The molecule has 16 heavy (non-hydrogen) atoms. The lowest BCUT2D eigenvalue weighted by Crippen LogP contribution is -2.26. The molecule has 0 amide bonds. The maximum Gasteiger partial charge on any atom is 0.0326 e. The molecule has 0 saturated heterocycles. The molecule has 0 heterocycles. The number of rotatable bonds is 4. The molecule has 0 spiro atoms. The molecule has 1 aromatic rings. The van der Waals surface area contributed by atoms with Crippen LogP contribution >= 0.6 is 11.8 Å². The highest BCUT2D eigenvalue weighted by Gasteiger charge is 2.21. The third-order valence-electron chi connectivity index (χ3n) is 3.43. The van der Waals surface area contributed by atoms with Crippen LogP contribution in [0.3, 0.4) is 0 Å². The van der Waals surface area contributed by atoms with Gasteiger partial charge in [0, 0.05) is 17.8 Å². The van der Waals surface area contributed by atoms with Crippen molar-refractivity contribution in [2.24, 2.45) is 0 Å². The standard InChI is InChI=1S/C14H21NS/c1-10-4-6-13-12(8-10)5-7-14(13)15-9-11(2)16-3/h4,6,8,11,14-15H,5,7,9H2,1-3H3. The summed E-state index contributed by atoms with van der Waals surface area (Å²) in [4.78, 5) is 0. The number of hydrogen-bond acceptors (Lipinski definition) is 2. The van der Waals surface area contributed by atoms with Crippen molar-refractivity contribution in [2.75, 3.05) is 12.8 Å². The zero-order valence-corrected chi connectivity index (χ0v) is 11.2. The first-order chi connectivity index (χ1) is 7.70. The molecule has 0 radical (unpaired) electrons. The molecule has 88 valence electrons. The van der Waals surface area contributed by atoms with Crippen molar-refractivity contribution >= 4 is 11.8 Å². The summed E-state index contributed by atoms with van der Waals surface area (Å²) in [6, 6.07) is 7.47. The zero-order valence-electron chi connectivity index (χ0n) is 10.4. The van der Waals surface area contributed by atoms with Crippen LogP contribution in [0.25, 0.3) is 0 Å². The van der Waals surface area contributed by atoms with Gasteiger partial charge in [0.15, 0.2) is 0 Å². The van der Waals surface area contributed by atoms with Crippen LogP contribution in [0.5, 0.6) is 0 Å². The van der Waals surface area contributed by atoms with E-state index in [0.29, 0.717) is 11.3 Å². The zero-order chi connectivity index (χ0) is 11.5. The minimum Gasteiger partial charge on any atom is -0.309 e. The predicted molar refractivity (Wildman–Crippen MR) is 73.2 cm³/mol. The first-order valence-electron chi connectivity index (χ1n) is 6.06. The van der Waals surface area contributed by atoms with E-state index >= 15 is 0 Å². The average molecular weight is 235 g/mol. The van der Waals surface area contributed by atoms with Crippen molar-refractivity contribution in [1.29, 1.82) is 0 Å². The second-order valence-electron chi connectivity index (χ2n) is 4.75. The lowest BCUT2D eigenvalue weighted by Gasteiger charge is -2.17. The van der Waals surface area contributed by atoms with E-state index in [2.05, 4.69) is 43.6 Å². The van der Waals surface area contributed by atoms with E-state index in [4.69, 9.17) is 0 Å². The van der Waals surface area contributed by atoms with Crippen molar-refractivity contribution in [3.8, 4) is 0 Å². The van der Waals surface area contributed by atoms with E-state index in [-0.39, 0.29) is 0 Å². The third kappa shape index (κ3) is 2.61. The highest BCUT2D eigenvalue weighted by atomic mass is 32.2. The van der Waals surface area contributed by atoms with E-state index in [9.17, 15) is 0 Å². The lowest BCUT2D eigenvalue weighted by atomic mass is 10.1. The van der Waals surface area contributed by atoms with Gasteiger partial charge in [0.05, 0.1) is 0 Å². The number of benzene rings is 1. The lowest BCUT2D eigenvalue weighted by molar-refractivity contribution is 0.533. The summed E-state index contributed by atoms with van der Waals surface area (Å²) < 4.78 is 0. The topological polar surface area (TPSA) is 12.0 Å². The second-order valence-corrected chi connectivity index (χ2v) is 6.02. The van der Waals surface area contributed by atoms with E-state index in [1.165, 1.54) is 24.0 Å². The molecule has 2 unspecified atom stereocenters.